The molecule has 4 rings (SSSR count). The lowest BCUT2D eigenvalue weighted by atomic mass is 10.3. The fraction of sp³-hybridized carbons (Fsp3) is 0.0435. The average molecular weight is 360 g/mol. The van der Waals surface area contributed by atoms with Gasteiger partial charge in [0.05, 0.1) is 6.26 Å². The quantitative estimate of drug-likeness (QED) is 0.406. The number of furan rings is 1. The van der Waals surface area contributed by atoms with Crippen LogP contribution in [0.25, 0.3) is 0 Å². The molecule has 0 fully saturated rings. The van der Waals surface area contributed by atoms with Crippen molar-refractivity contribution in [1.82, 2.24) is 0 Å². The summed E-state index contributed by atoms with van der Waals surface area (Å²) in [5, 5.41) is 0. The van der Waals surface area contributed by atoms with E-state index in [1.165, 1.54) is 14.7 Å². The fourth-order valence-electron chi connectivity index (χ4n) is 2.84. The number of ether oxygens (including phenoxy) is 1. The molecule has 0 aliphatic heterocycles. The smallest absolute Gasteiger partial charge is 0.146 e. The summed E-state index contributed by atoms with van der Waals surface area (Å²) >= 11 is 0. The van der Waals surface area contributed by atoms with E-state index < -0.39 is 10.9 Å². The van der Waals surface area contributed by atoms with Crippen LogP contribution in [0.4, 0.5) is 0 Å². The number of hydrogen-bond acceptors (Lipinski definition) is 2. The SMILES string of the molecule is c1ccc([SH](c2ccccc2)c2ccc(OCc3ccco3)cc2)cc1. The molecule has 1 heterocycles. The van der Waals surface area contributed by atoms with Crippen molar-refractivity contribution >= 4 is 10.9 Å². The van der Waals surface area contributed by atoms with Gasteiger partial charge < -0.3 is 9.15 Å². The maximum absolute atomic E-state index is 5.81. The van der Waals surface area contributed by atoms with Crippen LogP contribution in [0.1, 0.15) is 5.76 Å². The molecule has 0 spiro atoms. The Morgan fingerprint density at radius 3 is 1.73 bits per heavy atom. The van der Waals surface area contributed by atoms with Gasteiger partial charge >= 0.3 is 0 Å². The summed E-state index contributed by atoms with van der Waals surface area (Å²) in [6.45, 7) is 0.443. The second-order valence-corrected chi connectivity index (χ2v) is 8.09. The van der Waals surface area contributed by atoms with Gasteiger partial charge in [-0.15, -0.1) is 0 Å². The van der Waals surface area contributed by atoms with Crippen LogP contribution in [0.5, 0.6) is 5.75 Å². The maximum atomic E-state index is 5.81. The van der Waals surface area contributed by atoms with Crippen molar-refractivity contribution in [2.75, 3.05) is 0 Å². The van der Waals surface area contributed by atoms with Crippen LogP contribution >= 0.6 is 10.9 Å². The third kappa shape index (κ3) is 3.84. The van der Waals surface area contributed by atoms with Crippen molar-refractivity contribution < 1.29 is 9.15 Å². The van der Waals surface area contributed by atoms with Crippen molar-refractivity contribution in [3.05, 3.63) is 109 Å². The van der Waals surface area contributed by atoms with Gasteiger partial charge in [-0.3, -0.25) is 0 Å². The minimum absolute atomic E-state index is 0.443. The zero-order chi connectivity index (χ0) is 17.6. The van der Waals surface area contributed by atoms with Gasteiger partial charge in [0.25, 0.3) is 0 Å². The van der Waals surface area contributed by atoms with E-state index in [0.29, 0.717) is 6.61 Å². The van der Waals surface area contributed by atoms with Crippen molar-refractivity contribution in [2.45, 2.75) is 21.3 Å². The van der Waals surface area contributed by atoms with Gasteiger partial charge in [0, 0.05) is 0 Å². The molecule has 0 atom stereocenters. The minimum atomic E-state index is -0.578. The van der Waals surface area contributed by atoms with Crippen LogP contribution in [0.3, 0.4) is 0 Å². The van der Waals surface area contributed by atoms with Gasteiger partial charge in [-0.1, -0.05) is 36.4 Å². The van der Waals surface area contributed by atoms with Gasteiger partial charge in [0.15, 0.2) is 0 Å². The Balaban J connectivity index is 1.60. The van der Waals surface area contributed by atoms with E-state index in [9.17, 15) is 0 Å². The van der Waals surface area contributed by atoms with Crippen molar-refractivity contribution in [3.8, 4) is 5.75 Å². The molecule has 2 nitrogen and oxygen atoms in total. The predicted octanol–water partition coefficient (Wildman–Crippen LogP) is 6.34. The zero-order valence-electron chi connectivity index (χ0n) is 14.3. The Morgan fingerprint density at radius 2 is 1.19 bits per heavy atom. The highest BCUT2D eigenvalue weighted by atomic mass is 32.2. The Morgan fingerprint density at radius 1 is 0.615 bits per heavy atom. The predicted molar refractivity (Wildman–Crippen MR) is 106 cm³/mol. The average Bonchev–Trinajstić information content (AvgIpc) is 3.23. The molecule has 0 aliphatic carbocycles. The van der Waals surface area contributed by atoms with E-state index >= 15 is 0 Å². The monoisotopic (exact) mass is 360 g/mol. The lowest BCUT2D eigenvalue weighted by molar-refractivity contribution is 0.270. The second-order valence-electron chi connectivity index (χ2n) is 5.87. The first-order valence-electron chi connectivity index (χ1n) is 8.56. The zero-order valence-corrected chi connectivity index (χ0v) is 15.2. The Kier molecular flexibility index (Phi) is 5.08. The molecule has 0 unspecified atom stereocenters. The Hall–Kier alpha value is -2.91. The van der Waals surface area contributed by atoms with E-state index in [-0.39, 0.29) is 0 Å². The number of rotatable bonds is 6. The first-order chi connectivity index (χ1) is 12.9. The Labute approximate surface area is 156 Å². The first kappa shape index (κ1) is 16.6. The van der Waals surface area contributed by atoms with Gasteiger partial charge in [-0.05, 0) is 75.4 Å². The lowest BCUT2D eigenvalue weighted by Gasteiger charge is -2.23. The molecule has 3 aromatic carbocycles. The second kappa shape index (κ2) is 7.98. The molecular formula is C23H20O2S. The van der Waals surface area contributed by atoms with Crippen LogP contribution in [-0.2, 0) is 6.61 Å². The van der Waals surface area contributed by atoms with Gasteiger partial charge in [0.2, 0.25) is 0 Å². The van der Waals surface area contributed by atoms with E-state index in [2.05, 4.69) is 72.8 Å². The maximum Gasteiger partial charge on any atom is 0.146 e. The normalized spacial score (nSPS) is 11.2. The summed E-state index contributed by atoms with van der Waals surface area (Å²) in [7, 11) is -0.578. The van der Waals surface area contributed by atoms with Gasteiger partial charge in [0.1, 0.15) is 18.1 Å². The van der Waals surface area contributed by atoms with E-state index in [1.54, 1.807) is 6.26 Å². The lowest BCUT2D eigenvalue weighted by Crippen LogP contribution is -1.94. The number of thiol groups is 1. The van der Waals surface area contributed by atoms with Gasteiger partial charge in [-0.2, -0.15) is 10.9 Å². The molecule has 130 valence electrons. The van der Waals surface area contributed by atoms with Crippen LogP contribution in [-0.4, -0.2) is 0 Å². The van der Waals surface area contributed by atoms with Crippen molar-refractivity contribution in [2.24, 2.45) is 0 Å². The molecule has 4 aromatic rings. The first-order valence-corrected chi connectivity index (χ1v) is 9.90. The molecular weight excluding hydrogens is 340 g/mol. The third-order valence-electron chi connectivity index (χ3n) is 4.08. The van der Waals surface area contributed by atoms with E-state index in [4.69, 9.17) is 9.15 Å². The number of hydrogen-bond donors (Lipinski definition) is 1. The molecule has 0 amide bonds. The summed E-state index contributed by atoms with van der Waals surface area (Å²) in [6.07, 6.45) is 1.66. The van der Waals surface area contributed by atoms with Crippen LogP contribution < -0.4 is 4.74 Å². The van der Waals surface area contributed by atoms with Gasteiger partial charge in [-0.25, -0.2) is 0 Å². The fourth-order valence-corrected chi connectivity index (χ4v) is 5.12. The molecule has 0 N–H and O–H groups in total. The van der Waals surface area contributed by atoms with Crippen LogP contribution in [0.15, 0.2) is 122 Å². The highest BCUT2D eigenvalue weighted by Gasteiger charge is 2.12. The van der Waals surface area contributed by atoms with Crippen LogP contribution in [0, 0.1) is 0 Å². The molecule has 3 heteroatoms. The van der Waals surface area contributed by atoms with Crippen molar-refractivity contribution in [3.63, 3.8) is 0 Å². The molecule has 0 saturated carbocycles. The molecule has 0 radical (unpaired) electrons. The molecule has 0 aliphatic rings. The summed E-state index contributed by atoms with van der Waals surface area (Å²) in [6, 6.07) is 33.6. The summed E-state index contributed by atoms with van der Waals surface area (Å²) < 4.78 is 11.1. The molecule has 1 aromatic heterocycles. The standard InChI is InChI=1S/C23H20O2S/c1-3-9-21(10-4-1)26(22-11-5-2-6-12-22)23-15-13-19(14-16-23)25-18-20-8-7-17-24-20/h1-17,26H,18H2. The molecule has 26 heavy (non-hydrogen) atoms. The van der Waals surface area contributed by atoms with E-state index in [1.807, 2.05) is 24.3 Å². The minimum Gasteiger partial charge on any atom is -0.486 e. The third-order valence-corrected chi connectivity index (χ3v) is 6.53. The molecule has 0 saturated heterocycles. The van der Waals surface area contributed by atoms with Crippen LogP contribution in [0.2, 0.25) is 0 Å². The summed E-state index contributed by atoms with van der Waals surface area (Å²) in [5.41, 5.74) is 0. The van der Waals surface area contributed by atoms with Crippen molar-refractivity contribution in [1.29, 1.82) is 0 Å². The largest absolute Gasteiger partial charge is 0.486 e. The van der Waals surface area contributed by atoms with E-state index in [0.717, 1.165) is 11.5 Å². The Bertz CT molecular complexity index is 878. The summed E-state index contributed by atoms with van der Waals surface area (Å²) in [5.74, 6) is 1.67. The molecule has 0 bridgehead atoms. The topological polar surface area (TPSA) is 22.4 Å². The summed E-state index contributed by atoms with van der Waals surface area (Å²) in [4.78, 5) is 4.00. The number of benzene rings is 3. The highest BCUT2D eigenvalue weighted by molar-refractivity contribution is 8.17. The highest BCUT2D eigenvalue weighted by Crippen LogP contribution is 2.51.